The molecule has 69 heavy (non-hydrogen) atoms. The number of benzene rings is 9. The zero-order chi connectivity index (χ0) is 48.5. The van der Waals surface area contributed by atoms with Gasteiger partial charge in [0.15, 0.2) is 0 Å². The molecule has 0 radical (unpaired) electrons. The lowest BCUT2D eigenvalue weighted by molar-refractivity contribution is 0.0719. The van der Waals surface area contributed by atoms with Crippen molar-refractivity contribution in [1.82, 2.24) is 0 Å². The molecule has 0 aliphatic carbocycles. The number of nitrogens with two attached hydrogens (primary N) is 5. The zero-order valence-electron chi connectivity index (χ0n) is 37.5. The van der Waals surface area contributed by atoms with Gasteiger partial charge >= 0.3 is 11.9 Å². The Kier molecular flexibility index (Phi) is 15.7. The molecule has 0 fully saturated rings. The van der Waals surface area contributed by atoms with Gasteiger partial charge in [0.25, 0.3) is 0 Å². The lowest BCUT2D eigenvalue weighted by Crippen LogP contribution is -2.09. The predicted octanol–water partition coefficient (Wildman–Crippen LogP) is 12.8. The number of rotatable bonds is 11. The Morgan fingerprint density at radius 3 is 0.739 bits per heavy atom. The monoisotopic (exact) mass is 915 g/mol. The Balaban J connectivity index is 0.000000160. The van der Waals surface area contributed by atoms with Gasteiger partial charge in [-0.2, -0.15) is 0 Å². The van der Waals surface area contributed by atoms with E-state index >= 15 is 0 Å². The third kappa shape index (κ3) is 14.7. The van der Waals surface area contributed by atoms with Crippen LogP contribution in [-0.2, 0) is 0 Å². The standard InChI is InChI=1S/C24H20N2O2.C20H16N2O4.C13H13NO/c25-19-5-13-23(14-6-19)27-21-9-1-17(2-10-21)18-3-11-22(12-4-18)28-24-15-7-20(26)8-16-24;21-15-5-1-13(2-6-15)19(23)25-17-9-11-18(12-10-17)26-20(24)14-3-7-16(22)8-4-14;1-10-2-6-12(7-3-10)15-13-8-4-11(14)5-9-13/h1-16H,25-26H2;1-12H,21-22H2;2-9H,14H2,1H3. The molecule has 0 heterocycles. The molecule has 9 rings (SSSR count). The first-order valence-corrected chi connectivity index (χ1v) is 21.5. The maximum absolute atomic E-state index is 12.0. The second kappa shape index (κ2) is 23.0. The molecular weight excluding hydrogens is 867 g/mol. The average Bonchev–Trinajstić information content (AvgIpc) is 3.36. The summed E-state index contributed by atoms with van der Waals surface area (Å²) >= 11 is 0. The number of carbonyl (C=O) groups is 2. The van der Waals surface area contributed by atoms with Crippen LogP contribution in [0.25, 0.3) is 11.1 Å². The molecule has 10 N–H and O–H groups in total. The van der Waals surface area contributed by atoms with E-state index < -0.39 is 11.9 Å². The van der Waals surface area contributed by atoms with Crippen LogP contribution < -0.4 is 52.4 Å². The van der Waals surface area contributed by atoms with Gasteiger partial charge < -0.3 is 52.4 Å². The van der Waals surface area contributed by atoms with Gasteiger partial charge in [-0.3, -0.25) is 0 Å². The molecule has 0 spiro atoms. The number of esters is 2. The summed E-state index contributed by atoms with van der Waals surface area (Å²) in [4.78, 5) is 24.1. The molecule has 0 saturated heterocycles. The minimum absolute atomic E-state index is 0.333. The maximum atomic E-state index is 12.0. The van der Waals surface area contributed by atoms with Gasteiger partial charge in [0.05, 0.1) is 11.1 Å². The van der Waals surface area contributed by atoms with Crippen LogP contribution in [0, 0.1) is 6.92 Å². The highest BCUT2D eigenvalue weighted by molar-refractivity contribution is 5.92. The summed E-state index contributed by atoms with van der Waals surface area (Å²) in [5.41, 5.74) is 35.6. The molecule has 12 heteroatoms. The van der Waals surface area contributed by atoms with E-state index in [2.05, 4.69) is 0 Å². The van der Waals surface area contributed by atoms with Crippen molar-refractivity contribution < 1.29 is 33.3 Å². The number of hydrogen-bond donors (Lipinski definition) is 5. The van der Waals surface area contributed by atoms with Crippen molar-refractivity contribution in [2.75, 3.05) is 28.7 Å². The first-order chi connectivity index (χ1) is 33.4. The van der Waals surface area contributed by atoms with Crippen LogP contribution in [0.5, 0.6) is 46.0 Å². The number of aryl methyl sites for hydroxylation is 1. The topological polar surface area (TPSA) is 210 Å². The van der Waals surface area contributed by atoms with Gasteiger partial charge in [0.1, 0.15) is 46.0 Å². The fraction of sp³-hybridized carbons (Fsp3) is 0.0175. The molecular formula is C57H49N5O7. The molecule has 344 valence electrons. The van der Waals surface area contributed by atoms with E-state index in [-0.39, 0.29) is 0 Å². The smallest absolute Gasteiger partial charge is 0.343 e. The van der Waals surface area contributed by atoms with Gasteiger partial charge in [-0.1, -0.05) is 42.0 Å². The van der Waals surface area contributed by atoms with Crippen molar-refractivity contribution in [1.29, 1.82) is 0 Å². The fourth-order valence-corrected chi connectivity index (χ4v) is 6.20. The van der Waals surface area contributed by atoms with Crippen molar-refractivity contribution in [2.45, 2.75) is 6.92 Å². The predicted molar refractivity (Wildman–Crippen MR) is 274 cm³/mol. The van der Waals surface area contributed by atoms with Gasteiger partial charge in [-0.15, -0.1) is 0 Å². The summed E-state index contributed by atoms with van der Waals surface area (Å²) in [6, 6.07) is 64.9. The number of ether oxygens (including phenoxy) is 5. The fourth-order valence-electron chi connectivity index (χ4n) is 6.20. The number of anilines is 5. The molecule has 9 aromatic rings. The van der Waals surface area contributed by atoms with Gasteiger partial charge in [-0.05, 0) is 200 Å². The molecule has 0 aromatic heterocycles. The lowest BCUT2D eigenvalue weighted by atomic mass is 10.1. The molecule has 0 aliphatic heterocycles. The van der Waals surface area contributed by atoms with E-state index in [9.17, 15) is 9.59 Å². The van der Waals surface area contributed by atoms with Crippen LogP contribution in [0.3, 0.4) is 0 Å². The minimum Gasteiger partial charge on any atom is -0.457 e. The summed E-state index contributed by atoms with van der Waals surface area (Å²) in [7, 11) is 0. The lowest BCUT2D eigenvalue weighted by Gasteiger charge is -2.09. The van der Waals surface area contributed by atoms with Gasteiger partial charge in [0.2, 0.25) is 0 Å². The highest BCUT2D eigenvalue weighted by atomic mass is 16.5. The molecule has 0 bridgehead atoms. The molecule has 0 saturated carbocycles. The summed E-state index contributed by atoms with van der Waals surface area (Å²) in [6.07, 6.45) is 0. The molecule has 0 amide bonds. The SMILES string of the molecule is Cc1ccc(Oc2ccc(N)cc2)cc1.Nc1ccc(C(=O)Oc2ccc(OC(=O)c3ccc(N)cc3)cc2)cc1.Nc1ccc(Oc2ccc(-c3ccc(Oc4ccc(N)cc4)cc3)cc2)cc1. The summed E-state index contributed by atoms with van der Waals surface area (Å²) < 4.78 is 27.8. The molecule has 12 nitrogen and oxygen atoms in total. The van der Waals surface area contributed by atoms with Crippen LogP contribution >= 0.6 is 0 Å². The Labute approximate surface area is 400 Å². The minimum atomic E-state index is -0.503. The van der Waals surface area contributed by atoms with Crippen molar-refractivity contribution in [3.63, 3.8) is 0 Å². The van der Waals surface area contributed by atoms with Crippen molar-refractivity contribution >= 4 is 40.4 Å². The van der Waals surface area contributed by atoms with E-state index in [1.54, 1.807) is 72.8 Å². The van der Waals surface area contributed by atoms with E-state index in [1.165, 1.54) is 5.56 Å². The maximum Gasteiger partial charge on any atom is 0.343 e. The van der Waals surface area contributed by atoms with Crippen molar-refractivity contribution in [2.24, 2.45) is 0 Å². The van der Waals surface area contributed by atoms with E-state index in [0.29, 0.717) is 45.4 Å². The number of nitrogen functional groups attached to an aromatic ring is 5. The quantitative estimate of drug-likeness (QED) is 0.0466. The summed E-state index contributed by atoms with van der Waals surface area (Å²) in [6.45, 7) is 2.05. The third-order valence-electron chi connectivity index (χ3n) is 9.95. The summed E-state index contributed by atoms with van der Waals surface area (Å²) in [5, 5.41) is 0. The number of carbonyl (C=O) groups excluding carboxylic acids is 2. The molecule has 9 aromatic carbocycles. The molecule has 0 atom stereocenters. The summed E-state index contributed by atoms with van der Waals surface area (Å²) in [5.74, 6) is 4.36. The molecule has 0 aliphatic rings. The van der Waals surface area contributed by atoms with Gasteiger partial charge in [-0.25, -0.2) is 9.59 Å². The van der Waals surface area contributed by atoms with E-state index in [4.69, 9.17) is 52.4 Å². The van der Waals surface area contributed by atoms with Crippen LogP contribution in [0.15, 0.2) is 218 Å². The Bertz CT molecular complexity index is 2830. The van der Waals surface area contributed by atoms with Crippen molar-refractivity contribution in [3.05, 3.63) is 235 Å². The average molecular weight is 916 g/mol. The Hall–Kier alpha value is -9.68. The van der Waals surface area contributed by atoms with Crippen LogP contribution in [0.4, 0.5) is 28.4 Å². The van der Waals surface area contributed by atoms with E-state index in [1.807, 2.05) is 153 Å². The first-order valence-electron chi connectivity index (χ1n) is 21.5. The first kappa shape index (κ1) is 47.3. The Morgan fingerprint density at radius 1 is 0.275 bits per heavy atom. The number of hydrogen-bond acceptors (Lipinski definition) is 12. The highest BCUT2D eigenvalue weighted by Crippen LogP contribution is 2.30. The largest absolute Gasteiger partial charge is 0.457 e. The van der Waals surface area contributed by atoms with E-state index in [0.717, 1.165) is 51.3 Å². The zero-order valence-corrected chi connectivity index (χ0v) is 37.5. The van der Waals surface area contributed by atoms with Crippen LogP contribution in [-0.4, -0.2) is 11.9 Å². The Morgan fingerprint density at radius 2 is 0.478 bits per heavy atom. The second-order valence-electron chi connectivity index (χ2n) is 15.4. The van der Waals surface area contributed by atoms with Crippen LogP contribution in [0.2, 0.25) is 0 Å². The third-order valence-corrected chi connectivity index (χ3v) is 9.95. The van der Waals surface area contributed by atoms with Crippen molar-refractivity contribution in [3.8, 4) is 57.1 Å². The molecule has 0 unspecified atom stereocenters. The van der Waals surface area contributed by atoms with Crippen LogP contribution in [0.1, 0.15) is 26.3 Å². The highest BCUT2D eigenvalue weighted by Gasteiger charge is 2.11. The van der Waals surface area contributed by atoms with Gasteiger partial charge in [0, 0.05) is 28.4 Å². The normalized spacial score (nSPS) is 10.2. The second-order valence-corrected chi connectivity index (χ2v) is 15.4.